The third-order valence-corrected chi connectivity index (χ3v) is 2.96. The zero-order valence-corrected chi connectivity index (χ0v) is 12.0. The second-order valence-corrected chi connectivity index (χ2v) is 4.86. The van der Waals surface area contributed by atoms with Crippen molar-refractivity contribution in [3.63, 3.8) is 0 Å². The van der Waals surface area contributed by atoms with E-state index in [0.29, 0.717) is 17.3 Å². The van der Waals surface area contributed by atoms with E-state index in [0.717, 1.165) is 17.3 Å². The van der Waals surface area contributed by atoms with Gasteiger partial charge in [0.1, 0.15) is 5.75 Å². The van der Waals surface area contributed by atoms with Gasteiger partial charge in [-0.2, -0.15) is 0 Å². The van der Waals surface area contributed by atoms with Crippen LogP contribution in [0.25, 0.3) is 0 Å². The summed E-state index contributed by atoms with van der Waals surface area (Å²) >= 11 is 9.12. The summed E-state index contributed by atoms with van der Waals surface area (Å²) in [5, 5.41) is 3.40. The Morgan fingerprint density at radius 3 is 2.94 bits per heavy atom. The Balaban J connectivity index is 2.37. The molecule has 0 unspecified atom stereocenters. The topological polar surface area (TPSA) is 38.3 Å². The van der Waals surface area contributed by atoms with Gasteiger partial charge in [0.25, 0.3) is 5.91 Å². The van der Waals surface area contributed by atoms with Crippen LogP contribution in [0.4, 0.5) is 0 Å². The van der Waals surface area contributed by atoms with Crippen LogP contribution in [-0.4, -0.2) is 19.1 Å². The molecule has 0 saturated carbocycles. The van der Waals surface area contributed by atoms with Crippen LogP contribution in [0.15, 0.2) is 22.7 Å². The van der Waals surface area contributed by atoms with Gasteiger partial charge < -0.3 is 10.1 Å². The quantitative estimate of drug-likeness (QED) is 0.816. The van der Waals surface area contributed by atoms with E-state index in [9.17, 15) is 4.79 Å². The molecule has 1 amide bonds. The lowest BCUT2D eigenvalue weighted by Gasteiger charge is -2.08. The molecule has 17 heavy (non-hydrogen) atoms. The van der Waals surface area contributed by atoms with Crippen molar-refractivity contribution >= 4 is 33.4 Å². The summed E-state index contributed by atoms with van der Waals surface area (Å²) in [4.78, 5) is 11.4. The summed E-state index contributed by atoms with van der Waals surface area (Å²) in [5.41, 5.74) is 0. The van der Waals surface area contributed by atoms with Crippen LogP contribution in [-0.2, 0) is 4.79 Å². The maximum absolute atomic E-state index is 11.4. The number of hydrogen-bond acceptors (Lipinski definition) is 2. The van der Waals surface area contributed by atoms with Gasteiger partial charge in [-0.1, -0.05) is 24.9 Å². The smallest absolute Gasteiger partial charge is 0.257 e. The molecular formula is C12H15BrClNO2. The van der Waals surface area contributed by atoms with Crippen LogP contribution < -0.4 is 10.1 Å². The van der Waals surface area contributed by atoms with E-state index in [4.69, 9.17) is 16.3 Å². The number of hydrogen-bond donors (Lipinski definition) is 1. The van der Waals surface area contributed by atoms with Crippen molar-refractivity contribution in [2.24, 2.45) is 0 Å². The molecule has 0 heterocycles. The highest BCUT2D eigenvalue weighted by Crippen LogP contribution is 2.27. The van der Waals surface area contributed by atoms with Gasteiger partial charge in [-0.05, 0) is 40.5 Å². The first kappa shape index (κ1) is 14.3. The first-order valence-corrected chi connectivity index (χ1v) is 6.65. The van der Waals surface area contributed by atoms with Crippen LogP contribution in [0.5, 0.6) is 5.75 Å². The molecule has 0 fully saturated rings. The van der Waals surface area contributed by atoms with Crippen molar-refractivity contribution in [1.82, 2.24) is 5.32 Å². The van der Waals surface area contributed by atoms with Gasteiger partial charge >= 0.3 is 0 Å². The van der Waals surface area contributed by atoms with E-state index in [1.807, 2.05) is 0 Å². The summed E-state index contributed by atoms with van der Waals surface area (Å²) in [5.74, 6) is 0.500. The molecule has 0 spiro atoms. The van der Waals surface area contributed by atoms with Crippen LogP contribution >= 0.6 is 27.5 Å². The summed E-state index contributed by atoms with van der Waals surface area (Å²) in [7, 11) is 0. The van der Waals surface area contributed by atoms with Gasteiger partial charge in [-0.25, -0.2) is 0 Å². The molecule has 0 aliphatic carbocycles. The molecule has 1 aromatic rings. The van der Waals surface area contributed by atoms with Gasteiger partial charge in [0.05, 0.1) is 4.47 Å². The normalized spacial score (nSPS) is 10.1. The highest BCUT2D eigenvalue weighted by atomic mass is 79.9. The van der Waals surface area contributed by atoms with Crippen LogP contribution in [0.2, 0.25) is 5.02 Å². The van der Waals surface area contributed by atoms with Crippen molar-refractivity contribution in [2.45, 2.75) is 19.8 Å². The minimum absolute atomic E-state index is 0.0178. The average Bonchev–Trinajstić information content (AvgIpc) is 2.28. The number of carbonyl (C=O) groups is 1. The fourth-order valence-corrected chi connectivity index (χ4v) is 1.99. The molecule has 0 saturated heterocycles. The van der Waals surface area contributed by atoms with E-state index < -0.39 is 0 Å². The number of benzene rings is 1. The van der Waals surface area contributed by atoms with E-state index >= 15 is 0 Å². The average molecular weight is 321 g/mol. The van der Waals surface area contributed by atoms with Crippen LogP contribution in [0.1, 0.15) is 19.8 Å². The minimum Gasteiger partial charge on any atom is -0.483 e. The molecule has 0 bridgehead atoms. The third kappa shape index (κ3) is 5.41. The third-order valence-electron chi connectivity index (χ3n) is 2.11. The van der Waals surface area contributed by atoms with Gasteiger partial charge in [-0.3, -0.25) is 4.79 Å². The first-order valence-electron chi connectivity index (χ1n) is 5.48. The lowest BCUT2D eigenvalue weighted by atomic mass is 10.3. The standard InChI is InChI=1S/C12H15BrClNO2/c1-2-3-6-15-12(16)8-17-11-5-4-9(14)7-10(11)13/h4-5,7H,2-3,6,8H2,1H3,(H,15,16). The SMILES string of the molecule is CCCCNC(=O)COc1ccc(Cl)cc1Br. The lowest BCUT2D eigenvalue weighted by Crippen LogP contribution is -2.29. The second-order valence-electron chi connectivity index (χ2n) is 3.57. The predicted molar refractivity (Wildman–Crippen MR) is 72.6 cm³/mol. The van der Waals surface area contributed by atoms with Crippen molar-refractivity contribution in [3.8, 4) is 5.75 Å². The van der Waals surface area contributed by atoms with E-state index in [-0.39, 0.29) is 12.5 Å². The summed E-state index contributed by atoms with van der Waals surface area (Å²) in [6.07, 6.45) is 2.04. The number of nitrogens with one attached hydrogen (secondary N) is 1. The molecule has 1 rings (SSSR count). The van der Waals surface area contributed by atoms with Gasteiger partial charge in [0.2, 0.25) is 0 Å². The van der Waals surface area contributed by atoms with Crippen molar-refractivity contribution < 1.29 is 9.53 Å². The number of halogens is 2. The van der Waals surface area contributed by atoms with E-state index in [1.165, 1.54) is 0 Å². The van der Waals surface area contributed by atoms with Crippen molar-refractivity contribution in [2.75, 3.05) is 13.2 Å². The fourth-order valence-electron chi connectivity index (χ4n) is 1.19. The number of carbonyl (C=O) groups excluding carboxylic acids is 1. The largest absolute Gasteiger partial charge is 0.483 e. The van der Waals surface area contributed by atoms with Crippen LogP contribution in [0.3, 0.4) is 0 Å². The van der Waals surface area contributed by atoms with E-state index in [2.05, 4.69) is 28.2 Å². The molecule has 0 aliphatic rings. The Kier molecular flexibility index (Phi) is 6.37. The maximum Gasteiger partial charge on any atom is 0.257 e. The number of ether oxygens (including phenoxy) is 1. The zero-order valence-electron chi connectivity index (χ0n) is 9.63. The maximum atomic E-state index is 11.4. The Morgan fingerprint density at radius 1 is 1.53 bits per heavy atom. The zero-order chi connectivity index (χ0) is 12.7. The Hall–Kier alpha value is -0.740. The molecular weight excluding hydrogens is 305 g/mol. The Morgan fingerprint density at radius 2 is 2.29 bits per heavy atom. The molecule has 0 atom stereocenters. The van der Waals surface area contributed by atoms with Gasteiger partial charge in [-0.15, -0.1) is 0 Å². The minimum atomic E-state index is -0.111. The molecule has 94 valence electrons. The lowest BCUT2D eigenvalue weighted by molar-refractivity contribution is -0.123. The predicted octanol–water partition coefficient (Wildman–Crippen LogP) is 3.40. The summed E-state index contributed by atoms with van der Waals surface area (Å²) < 4.78 is 6.11. The van der Waals surface area contributed by atoms with Crippen LogP contribution in [0, 0.1) is 0 Å². The molecule has 1 aromatic carbocycles. The highest BCUT2D eigenvalue weighted by Gasteiger charge is 2.05. The Labute approximate surface area is 115 Å². The summed E-state index contributed by atoms with van der Waals surface area (Å²) in [6, 6.07) is 5.17. The molecule has 0 aromatic heterocycles. The Bertz CT molecular complexity index is 385. The van der Waals surface area contributed by atoms with Gasteiger partial charge in [0.15, 0.2) is 6.61 Å². The second kappa shape index (κ2) is 7.56. The highest BCUT2D eigenvalue weighted by molar-refractivity contribution is 9.10. The fraction of sp³-hybridized carbons (Fsp3) is 0.417. The molecule has 0 radical (unpaired) electrons. The molecule has 5 heteroatoms. The van der Waals surface area contributed by atoms with Gasteiger partial charge in [0, 0.05) is 11.6 Å². The van der Waals surface area contributed by atoms with Crippen molar-refractivity contribution in [1.29, 1.82) is 0 Å². The van der Waals surface area contributed by atoms with Crippen molar-refractivity contribution in [3.05, 3.63) is 27.7 Å². The monoisotopic (exact) mass is 319 g/mol. The number of rotatable bonds is 6. The first-order chi connectivity index (χ1) is 8.13. The molecule has 0 aliphatic heterocycles. The number of unbranched alkanes of at least 4 members (excludes halogenated alkanes) is 1. The number of amides is 1. The molecule has 3 nitrogen and oxygen atoms in total. The summed E-state index contributed by atoms with van der Waals surface area (Å²) in [6.45, 7) is 2.79. The van der Waals surface area contributed by atoms with E-state index in [1.54, 1.807) is 18.2 Å². The molecule has 1 N–H and O–H groups in total.